The normalized spacial score (nSPS) is 11.2. The Labute approximate surface area is 227 Å². The van der Waals surface area contributed by atoms with E-state index >= 15 is 0 Å². The molecule has 0 fully saturated rings. The Morgan fingerprint density at radius 3 is 2.05 bits per heavy atom. The molecule has 8 heteroatoms. The third-order valence-electron chi connectivity index (χ3n) is 5.77. The standard InChI is InChI=1S/C31H30N2O6/c1-36-26-17-18-29(37-2)27(19-26)30(34)33-28(21-38-20-22-9-5-3-6-10-22)31(35)32-23-13-15-25(16-14-23)39-24-11-7-4-8-12-24/h3-19,28H,20-21H2,1-2H3,(H,32,35)(H,33,34). The largest absolute Gasteiger partial charge is 0.497 e. The summed E-state index contributed by atoms with van der Waals surface area (Å²) in [5, 5.41) is 5.62. The van der Waals surface area contributed by atoms with E-state index < -0.39 is 17.9 Å². The topological polar surface area (TPSA) is 95.1 Å². The minimum atomic E-state index is -0.989. The molecule has 0 bridgehead atoms. The van der Waals surface area contributed by atoms with E-state index in [1.54, 1.807) is 42.5 Å². The Bertz CT molecular complexity index is 1360. The van der Waals surface area contributed by atoms with E-state index in [9.17, 15) is 9.59 Å². The third kappa shape index (κ3) is 7.83. The van der Waals surface area contributed by atoms with Gasteiger partial charge in [-0.2, -0.15) is 0 Å². The van der Waals surface area contributed by atoms with Crippen molar-refractivity contribution in [3.63, 3.8) is 0 Å². The SMILES string of the molecule is COc1ccc(OC)c(C(=O)NC(COCc2ccccc2)C(=O)Nc2ccc(Oc3ccccc3)cc2)c1. The van der Waals surface area contributed by atoms with Crippen LogP contribution in [0.1, 0.15) is 15.9 Å². The van der Waals surface area contributed by atoms with Crippen molar-refractivity contribution in [3.05, 3.63) is 114 Å². The van der Waals surface area contributed by atoms with E-state index in [0.717, 1.165) is 5.56 Å². The zero-order valence-corrected chi connectivity index (χ0v) is 21.8. The molecule has 4 aromatic rings. The molecule has 0 aliphatic heterocycles. The maximum absolute atomic E-state index is 13.3. The van der Waals surface area contributed by atoms with Gasteiger partial charge in [-0.3, -0.25) is 9.59 Å². The zero-order valence-electron chi connectivity index (χ0n) is 21.8. The van der Waals surface area contributed by atoms with Gasteiger partial charge in [-0.1, -0.05) is 48.5 Å². The molecule has 0 aliphatic rings. The van der Waals surface area contributed by atoms with Crippen LogP contribution in [0.25, 0.3) is 0 Å². The van der Waals surface area contributed by atoms with Gasteiger partial charge in [-0.05, 0) is 60.2 Å². The summed E-state index contributed by atoms with van der Waals surface area (Å²) in [6.07, 6.45) is 0. The number of nitrogens with one attached hydrogen (secondary N) is 2. The molecule has 1 unspecified atom stereocenters. The molecule has 39 heavy (non-hydrogen) atoms. The minimum absolute atomic E-state index is 0.0477. The summed E-state index contributed by atoms with van der Waals surface area (Å²) >= 11 is 0. The second-order valence-electron chi connectivity index (χ2n) is 8.52. The number of amides is 2. The number of benzene rings is 4. The highest BCUT2D eigenvalue weighted by Gasteiger charge is 2.24. The lowest BCUT2D eigenvalue weighted by molar-refractivity contribution is -0.119. The van der Waals surface area contributed by atoms with Gasteiger partial charge in [-0.25, -0.2) is 0 Å². The van der Waals surface area contributed by atoms with Gasteiger partial charge < -0.3 is 29.6 Å². The van der Waals surface area contributed by atoms with Crippen molar-refractivity contribution in [2.45, 2.75) is 12.6 Å². The van der Waals surface area contributed by atoms with Crippen LogP contribution in [-0.2, 0) is 16.1 Å². The maximum atomic E-state index is 13.3. The highest BCUT2D eigenvalue weighted by atomic mass is 16.5. The van der Waals surface area contributed by atoms with Gasteiger partial charge in [0.05, 0.1) is 33.0 Å². The number of carbonyl (C=O) groups excluding carboxylic acids is 2. The fourth-order valence-corrected chi connectivity index (χ4v) is 3.74. The number of anilines is 1. The van der Waals surface area contributed by atoms with Crippen LogP contribution in [0.5, 0.6) is 23.0 Å². The van der Waals surface area contributed by atoms with Gasteiger partial charge in [0.2, 0.25) is 5.91 Å². The van der Waals surface area contributed by atoms with E-state index in [2.05, 4.69) is 10.6 Å². The lowest BCUT2D eigenvalue weighted by Crippen LogP contribution is -2.46. The Morgan fingerprint density at radius 1 is 0.744 bits per heavy atom. The number of methoxy groups -OCH3 is 2. The summed E-state index contributed by atoms with van der Waals surface area (Å²) in [5.41, 5.74) is 1.73. The Kier molecular flexibility index (Phi) is 9.52. The fraction of sp³-hybridized carbons (Fsp3) is 0.161. The predicted molar refractivity (Wildman–Crippen MR) is 148 cm³/mol. The molecule has 2 N–H and O–H groups in total. The Hall–Kier alpha value is -4.82. The number of rotatable bonds is 12. The van der Waals surface area contributed by atoms with E-state index in [0.29, 0.717) is 28.7 Å². The molecule has 0 saturated heterocycles. The van der Waals surface area contributed by atoms with Crippen molar-refractivity contribution in [2.75, 3.05) is 26.1 Å². The summed E-state index contributed by atoms with van der Waals surface area (Å²) in [6, 6.07) is 29.8. The van der Waals surface area contributed by atoms with E-state index in [4.69, 9.17) is 18.9 Å². The molecular formula is C31H30N2O6. The molecular weight excluding hydrogens is 496 g/mol. The van der Waals surface area contributed by atoms with Gasteiger partial charge in [0.15, 0.2) is 0 Å². The van der Waals surface area contributed by atoms with Crippen LogP contribution < -0.4 is 24.8 Å². The number of hydrogen-bond donors (Lipinski definition) is 2. The number of hydrogen-bond acceptors (Lipinski definition) is 6. The molecule has 0 aliphatic carbocycles. The van der Waals surface area contributed by atoms with Gasteiger partial charge in [0.1, 0.15) is 29.0 Å². The van der Waals surface area contributed by atoms with E-state index in [1.807, 2.05) is 60.7 Å². The Morgan fingerprint density at radius 2 is 1.38 bits per heavy atom. The zero-order chi connectivity index (χ0) is 27.5. The van der Waals surface area contributed by atoms with Crippen molar-refractivity contribution in [1.82, 2.24) is 5.32 Å². The van der Waals surface area contributed by atoms with Crippen molar-refractivity contribution in [1.29, 1.82) is 0 Å². The van der Waals surface area contributed by atoms with Crippen molar-refractivity contribution in [3.8, 4) is 23.0 Å². The summed E-state index contributed by atoms with van der Waals surface area (Å²) in [7, 11) is 2.98. The maximum Gasteiger partial charge on any atom is 0.255 e. The molecule has 2 amide bonds. The average Bonchev–Trinajstić information content (AvgIpc) is 2.98. The van der Waals surface area contributed by atoms with Crippen LogP contribution in [0.15, 0.2) is 103 Å². The first-order valence-corrected chi connectivity index (χ1v) is 12.3. The second-order valence-corrected chi connectivity index (χ2v) is 8.52. The molecule has 0 saturated carbocycles. The minimum Gasteiger partial charge on any atom is -0.497 e. The average molecular weight is 527 g/mol. The van der Waals surface area contributed by atoms with Crippen LogP contribution in [0.2, 0.25) is 0 Å². The van der Waals surface area contributed by atoms with Gasteiger partial charge >= 0.3 is 0 Å². The summed E-state index contributed by atoms with van der Waals surface area (Å²) < 4.78 is 22.2. The second kappa shape index (κ2) is 13.6. The first-order chi connectivity index (χ1) is 19.1. The van der Waals surface area contributed by atoms with E-state index in [-0.39, 0.29) is 18.8 Å². The van der Waals surface area contributed by atoms with Gasteiger partial charge in [0, 0.05) is 5.69 Å². The highest BCUT2D eigenvalue weighted by Crippen LogP contribution is 2.25. The van der Waals surface area contributed by atoms with Crippen molar-refractivity contribution >= 4 is 17.5 Å². The van der Waals surface area contributed by atoms with Crippen molar-refractivity contribution < 1.29 is 28.5 Å². The third-order valence-corrected chi connectivity index (χ3v) is 5.77. The molecule has 0 spiro atoms. The summed E-state index contributed by atoms with van der Waals surface area (Å²) in [4.78, 5) is 26.5. The van der Waals surface area contributed by atoms with Crippen LogP contribution in [0, 0.1) is 0 Å². The quantitative estimate of drug-likeness (QED) is 0.255. The number of ether oxygens (including phenoxy) is 4. The smallest absolute Gasteiger partial charge is 0.255 e. The van der Waals surface area contributed by atoms with Crippen LogP contribution in [0.3, 0.4) is 0 Å². The molecule has 200 valence electrons. The Balaban J connectivity index is 1.46. The summed E-state index contributed by atoms with van der Waals surface area (Å²) in [5.74, 6) is 1.24. The first-order valence-electron chi connectivity index (χ1n) is 12.3. The number of carbonyl (C=O) groups is 2. The molecule has 1 atom stereocenters. The summed E-state index contributed by atoms with van der Waals surface area (Å²) in [6.45, 7) is 0.239. The lowest BCUT2D eigenvalue weighted by atomic mass is 10.1. The first kappa shape index (κ1) is 27.2. The highest BCUT2D eigenvalue weighted by molar-refractivity contribution is 6.02. The predicted octanol–water partition coefficient (Wildman–Crippen LogP) is 5.45. The molecule has 0 heterocycles. The van der Waals surface area contributed by atoms with Gasteiger partial charge in [-0.15, -0.1) is 0 Å². The van der Waals surface area contributed by atoms with Crippen molar-refractivity contribution in [2.24, 2.45) is 0 Å². The van der Waals surface area contributed by atoms with Crippen LogP contribution in [-0.4, -0.2) is 38.7 Å². The molecule has 4 aromatic carbocycles. The van der Waals surface area contributed by atoms with E-state index in [1.165, 1.54) is 14.2 Å². The lowest BCUT2D eigenvalue weighted by Gasteiger charge is -2.20. The van der Waals surface area contributed by atoms with Crippen LogP contribution >= 0.6 is 0 Å². The molecule has 0 aromatic heterocycles. The fourth-order valence-electron chi connectivity index (χ4n) is 3.74. The monoisotopic (exact) mass is 526 g/mol. The van der Waals surface area contributed by atoms with Crippen LogP contribution in [0.4, 0.5) is 5.69 Å². The number of para-hydroxylation sites is 1. The molecule has 8 nitrogen and oxygen atoms in total. The molecule has 4 rings (SSSR count). The van der Waals surface area contributed by atoms with Gasteiger partial charge in [0.25, 0.3) is 5.91 Å². The molecule has 0 radical (unpaired) electrons.